The van der Waals surface area contributed by atoms with Gasteiger partial charge in [0.2, 0.25) is 5.95 Å². The van der Waals surface area contributed by atoms with Gasteiger partial charge in [-0.15, -0.1) is 0 Å². The van der Waals surface area contributed by atoms with E-state index in [0.29, 0.717) is 29.4 Å². The molecule has 8 heteroatoms. The van der Waals surface area contributed by atoms with Crippen LogP contribution in [0.15, 0.2) is 59.8 Å². The second-order valence-electron chi connectivity index (χ2n) is 8.68. The van der Waals surface area contributed by atoms with Gasteiger partial charge in [0, 0.05) is 43.0 Å². The first-order valence-electron chi connectivity index (χ1n) is 11.0. The molecule has 8 nitrogen and oxygen atoms in total. The number of aromatic nitrogens is 4. The highest BCUT2D eigenvalue weighted by Gasteiger charge is 2.44. The number of hydrogen-bond donors (Lipinski definition) is 0. The van der Waals surface area contributed by atoms with Crippen LogP contribution in [-0.4, -0.2) is 62.4 Å². The van der Waals surface area contributed by atoms with Crippen molar-refractivity contribution in [2.45, 2.75) is 31.3 Å². The molecule has 2 aromatic heterocycles. The van der Waals surface area contributed by atoms with Gasteiger partial charge < -0.3 is 9.80 Å². The maximum atomic E-state index is 13.3. The molecule has 3 aromatic rings. The van der Waals surface area contributed by atoms with Crippen LogP contribution in [0, 0.1) is 0 Å². The third-order valence-electron chi connectivity index (χ3n) is 6.76. The van der Waals surface area contributed by atoms with Crippen LogP contribution in [0.1, 0.15) is 29.6 Å². The summed E-state index contributed by atoms with van der Waals surface area (Å²) in [7, 11) is 2.12. The molecular formula is C24H26N6O2. The fourth-order valence-corrected chi connectivity index (χ4v) is 4.80. The molecule has 0 atom stereocenters. The van der Waals surface area contributed by atoms with Gasteiger partial charge in [0.25, 0.3) is 5.56 Å². The molecule has 32 heavy (non-hydrogen) atoms. The van der Waals surface area contributed by atoms with Crippen molar-refractivity contribution in [3.05, 3.63) is 70.9 Å². The largest absolute Gasteiger partial charge is 0.329 e. The summed E-state index contributed by atoms with van der Waals surface area (Å²) < 4.78 is 1.70. The number of fused-ring (bicyclic) bond motifs is 1. The maximum Gasteiger partial charge on any atom is 0.255 e. The first-order chi connectivity index (χ1) is 15.6. The normalized spacial score (nSPS) is 17.8. The Morgan fingerprint density at radius 3 is 2.50 bits per heavy atom. The molecule has 0 radical (unpaired) electrons. The molecule has 2 aliphatic heterocycles. The number of carbonyl (C=O) groups excluding carboxylic acids is 1. The van der Waals surface area contributed by atoms with Crippen molar-refractivity contribution in [2.24, 2.45) is 0 Å². The molecule has 0 amide bonds. The van der Waals surface area contributed by atoms with E-state index in [1.807, 2.05) is 30.3 Å². The topological polar surface area (TPSA) is 84.2 Å². The second kappa shape index (κ2) is 8.27. The number of hydrogen-bond acceptors (Lipinski definition) is 7. The number of Topliss-reactive ketones (excluding diaryl/α,β-unsaturated/α-hetero) is 1. The molecule has 0 bridgehead atoms. The summed E-state index contributed by atoms with van der Waals surface area (Å²) in [5, 5.41) is 0. The fraction of sp³-hybridized carbons (Fsp3) is 0.375. The van der Waals surface area contributed by atoms with Crippen LogP contribution in [0.5, 0.6) is 0 Å². The molecule has 164 valence electrons. The molecular weight excluding hydrogens is 404 g/mol. The molecule has 2 aliphatic rings. The van der Waals surface area contributed by atoms with E-state index in [1.54, 1.807) is 16.8 Å². The van der Waals surface area contributed by atoms with Crippen LogP contribution in [-0.2, 0) is 6.54 Å². The summed E-state index contributed by atoms with van der Waals surface area (Å²) in [5.41, 5.74) is 1.45. The minimum Gasteiger partial charge on any atom is -0.329 e. The Morgan fingerprint density at radius 2 is 1.78 bits per heavy atom. The summed E-state index contributed by atoms with van der Waals surface area (Å²) in [4.78, 5) is 43.8. The predicted octanol–water partition coefficient (Wildman–Crippen LogP) is 2.26. The quantitative estimate of drug-likeness (QED) is 0.587. The smallest absolute Gasteiger partial charge is 0.255 e. The van der Waals surface area contributed by atoms with Crippen LogP contribution >= 0.6 is 0 Å². The van der Waals surface area contributed by atoms with Crippen LogP contribution in [0.3, 0.4) is 0 Å². The highest BCUT2D eigenvalue weighted by Crippen LogP contribution is 2.39. The lowest BCUT2D eigenvalue weighted by Gasteiger charge is -2.51. The third-order valence-corrected chi connectivity index (χ3v) is 6.76. The van der Waals surface area contributed by atoms with Gasteiger partial charge in [0.1, 0.15) is 6.33 Å². The summed E-state index contributed by atoms with van der Waals surface area (Å²) in [6.07, 6.45) is 5.77. The molecule has 5 rings (SSSR count). The molecule has 0 N–H and O–H groups in total. The lowest BCUT2D eigenvalue weighted by molar-refractivity contribution is 0.0966. The number of ketones is 1. The molecule has 4 heterocycles. The number of likely N-dealkylation sites (tertiary alicyclic amines) is 1. The highest BCUT2D eigenvalue weighted by atomic mass is 16.1. The maximum absolute atomic E-state index is 13.3. The first kappa shape index (κ1) is 20.5. The average molecular weight is 431 g/mol. The Labute approximate surface area is 186 Å². The van der Waals surface area contributed by atoms with Crippen molar-refractivity contribution in [1.29, 1.82) is 0 Å². The molecule has 0 unspecified atom stereocenters. The monoisotopic (exact) mass is 430 g/mol. The van der Waals surface area contributed by atoms with Gasteiger partial charge in [0.05, 0.1) is 17.9 Å². The second-order valence-corrected chi connectivity index (χ2v) is 8.68. The van der Waals surface area contributed by atoms with Crippen molar-refractivity contribution in [2.75, 3.05) is 31.6 Å². The zero-order chi connectivity index (χ0) is 22.1. The highest BCUT2D eigenvalue weighted by molar-refractivity contribution is 5.99. The van der Waals surface area contributed by atoms with Crippen molar-refractivity contribution < 1.29 is 4.79 Å². The van der Waals surface area contributed by atoms with Gasteiger partial charge in [-0.1, -0.05) is 30.3 Å². The third kappa shape index (κ3) is 3.71. The summed E-state index contributed by atoms with van der Waals surface area (Å²) in [6, 6.07) is 12.6. The van der Waals surface area contributed by atoms with Crippen molar-refractivity contribution in [1.82, 2.24) is 24.4 Å². The number of benzene rings is 1. The Kier molecular flexibility index (Phi) is 5.30. The van der Waals surface area contributed by atoms with Crippen molar-refractivity contribution in [3.63, 3.8) is 0 Å². The number of nitrogens with zero attached hydrogens (tertiary/aromatic N) is 6. The van der Waals surface area contributed by atoms with Gasteiger partial charge in [-0.3, -0.25) is 14.2 Å². The summed E-state index contributed by atoms with van der Waals surface area (Å²) in [5.74, 6) is 0.588. The number of rotatable bonds is 4. The van der Waals surface area contributed by atoms with Crippen LogP contribution < -0.4 is 10.5 Å². The van der Waals surface area contributed by atoms with Gasteiger partial charge in [0.15, 0.2) is 5.78 Å². The van der Waals surface area contributed by atoms with Gasteiger partial charge in [-0.2, -0.15) is 0 Å². The van der Waals surface area contributed by atoms with E-state index < -0.39 is 0 Å². The Balaban J connectivity index is 1.60. The standard InChI is InChI=1S/C24H26N6O2/c1-28-12-8-24(9-13-28)10-14-29-22(32)15-20(19-7-11-25-17-26-19)27-23(29)30(24)16-21(31)18-5-3-2-4-6-18/h2-7,11,15,17H,8-10,12-14,16H2,1H3. The van der Waals surface area contributed by atoms with E-state index in [0.717, 1.165) is 32.4 Å². The molecule has 0 saturated carbocycles. The summed E-state index contributed by atoms with van der Waals surface area (Å²) >= 11 is 0. The van der Waals surface area contributed by atoms with E-state index in [-0.39, 0.29) is 23.4 Å². The van der Waals surface area contributed by atoms with Crippen LogP contribution in [0.4, 0.5) is 5.95 Å². The zero-order valence-corrected chi connectivity index (χ0v) is 18.1. The zero-order valence-electron chi connectivity index (χ0n) is 18.1. The Hall–Kier alpha value is -3.39. The predicted molar refractivity (Wildman–Crippen MR) is 122 cm³/mol. The minimum atomic E-state index is -0.194. The number of piperidine rings is 1. The lowest BCUT2D eigenvalue weighted by atomic mass is 9.81. The average Bonchev–Trinajstić information content (AvgIpc) is 2.83. The van der Waals surface area contributed by atoms with Gasteiger partial charge >= 0.3 is 0 Å². The van der Waals surface area contributed by atoms with Crippen molar-refractivity contribution >= 4 is 11.7 Å². The Morgan fingerprint density at radius 1 is 1.03 bits per heavy atom. The van der Waals surface area contributed by atoms with E-state index in [4.69, 9.17) is 4.98 Å². The van der Waals surface area contributed by atoms with Crippen LogP contribution in [0.25, 0.3) is 11.4 Å². The molecule has 0 aliphatic carbocycles. The van der Waals surface area contributed by atoms with Gasteiger partial charge in [-0.05, 0) is 32.4 Å². The SMILES string of the molecule is CN1CCC2(CC1)CCn1c(nc(-c3ccncn3)cc1=O)N2CC(=O)c1ccccc1. The Bertz CT molecular complexity index is 1170. The van der Waals surface area contributed by atoms with Crippen molar-refractivity contribution in [3.8, 4) is 11.4 Å². The fourth-order valence-electron chi connectivity index (χ4n) is 4.80. The van der Waals surface area contributed by atoms with Gasteiger partial charge in [-0.25, -0.2) is 15.0 Å². The van der Waals surface area contributed by atoms with E-state index in [1.165, 1.54) is 12.4 Å². The van der Waals surface area contributed by atoms with Crippen LogP contribution in [0.2, 0.25) is 0 Å². The number of carbonyl (C=O) groups is 1. The molecule has 1 spiro atoms. The molecule has 1 saturated heterocycles. The minimum absolute atomic E-state index is 0.0269. The number of anilines is 1. The lowest BCUT2D eigenvalue weighted by Crippen LogP contribution is -2.60. The van der Waals surface area contributed by atoms with E-state index >= 15 is 0 Å². The van der Waals surface area contributed by atoms with E-state index in [2.05, 4.69) is 26.8 Å². The van der Waals surface area contributed by atoms with E-state index in [9.17, 15) is 9.59 Å². The molecule has 1 aromatic carbocycles. The first-order valence-corrected chi connectivity index (χ1v) is 11.0. The molecule has 1 fully saturated rings. The summed E-state index contributed by atoms with van der Waals surface area (Å²) in [6.45, 7) is 2.69.